The molecule has 0 spiro atoms. The summed E-state index contributed by atoms with van der Waals surface area (Å²) in [7, 11) is 0. The van der Waals surface area contributed by atoms with Crippen LogP contribution in [-0.2, 0) is 17.8 Å². The highest BCUT2D eigenvalue weighted by Gasteiger charge is 2.23. The topological polar surface area (TPSA) is 65.2 Å². The van der Waals surface area contributed by atoms with Crippen LogP contribution in [-0.4, -0.2) is 28.9 Å². The number of aromatic nitrogens is 1. The number of amides is 1. The van der Waals surface area contributed by atoms with Gasteiger partial charge < -0.3 is 10.3 Å². The molecule has 0 unspecified atom stereocenters. The van der Waals surface area contributed by atoms with E-state index in [1.165, 1.54) is 12.1 Å². The molecule has 2 heterocycles. The van der Waals surface area contributed by atoms with Gasteiger partial charge in [0.2, 0.25) is 5.91 Å². The van der Waals surface area contributed by atoms with Gasteiger partial charge in [-0.15, -0.1) is 0 Å². The molecule has 1 aromatic heterocycles. The monoisotopic (exact) mass is 433 g/mol. The SMILES string of the molecule is Cc1c(Cl)ccc2c(=O)c3c([nH]c12)CCN(CC(=O)Nc1ccc(Cl)c(F)c1)C3. The lowest BCUT2D eigenvalue weighted by molar-refractivity contribution is -0.117. The highest BCUT2D eigenvalue weighted by molar-refractivity contribution is 6.32. The molecule has 0 saturated heterocycles. The first-order chi connectivity index (χ1) is 13.8. The Morgan fingerprint density at radius 2 is 2.00 bits per heavy atom. The Morgan fingerprint density at radius 1 is 1.24 bits per heavy atom. The number of aromatic amines is 1. The number of carbonyl (C=O) groups is 1. The predicted octanol–water partition coefficient (Wildman–Crippen LogP) is 4.28. The second-order valence-electron chi connectivity index (χ2n) is 7.14. The van der Waals surface area contributed by atoms with Crippen molar-refractivity contribution >= 4 is 45.7 Å². The first-order valence-electron chi connectivity index (χ1n) is 9.13. The van der Waals surface area contributed by atoms with Crippen molar-refractivity contribution in [3.05, 3.63) is 73.2 Å². The van der Waals surface area contributed by atoms with Gasteiger partial charge in [-0.1, -0.05) is 23.2 Å². The van der Waals surface area contributed by atoms with Gasteiger partial charge in [0.05, 0.1) is 17.1 Å². The molecular weight excluding hydrogens is 416 g/mol. The normalized spacial score (nSPS) is 14.1. The Morgan fingerprint density at radius 3 is 2.76 bits per heavy atom. The quantitative estimate of drug-likeness (QED) is 0.647. The molecule has 2 aromatic carbocycles. The zero-order valence-corrected chi connectivity index (χ0v) is 17.1. The van der Waals surface area contributed by atoms with E-state index in [1.54, 1.807) is 18.2 Å². The van der Waals surface area contributed by atoms with Crippen molar-refractivity contribution in [1.82, 2.24) is 9.88 Å². The summed E-state index contributed by atoms with van der Waals surface area (Å²) in [5.41, 5.74) is 3.45. The van der Waals surface area contributed by atoms with Gasteiger partial charge in [-0.05, 0) is 42.8 Å². The Labute approximate surface area is 176 Å². The average Bonchev–Trinajstić information content (AvgIpc) is 2.68. The molecule has 0 bridgehead atoms. The lowest BCUT2D eigenvalue weighted by atomic mass is 10.0. The number of halogens is 3. The summed E-state index contributed by atoms with van der Waals surface area (Å²) < 4.78 is 13.5. The fraction of sp³-hybridized carbons (Fsp3) is 0.238. The lowest BCUT2D eigenvalue weighted by Crippen LogP contribution is -2.39. The van der Waals surface area contributed by atoms with Gasteiger partial charge in [-0.3, -0.25) is 14.5 Å². The number of H-pyrrole nitrogens is 1. The van der Waals surface area contributed by atoms with Crippen LogP contribution in [0.4, 0.5) is 10.1 Å². The molecule has 0 fully saturated rings. The van der Waals surface area contributed by atoms with Crippen LogP contribution in [0.2, 0.25) is 10.0 Å². The number of benzene rings is 2. The molecule has 29 heavy (non-hydrogen) atoms. The summed E-state index contributed by atoms with van der Waals surface area (Å²) in [5.74, 6) is -0.875. The van der Waals surface area contributed by atoms with Gasteiger partial charge in [0, 0.05) is 46.9 Å². The third-order valence-corrected chi connectivity index (χ3v) is 5.90. The summed E-state index contributed by atoms with van der Waals surface area (Å²) in [6.45, 7) is 2.97. The van der Waals surface area contributed by atoms with Gasteiger partial charge >= 0.3 is 0 Å². The number of rotatable bonds is 3. The van der Waals surface area contributed by atoms with E-state index in [2.05, 4.69) is 10.3 Å². The van der Waals surface area contributed by atoms with Crippen molar-refractivity contribution in [1.29, 1.82) is 0 Å². The van der Waals surface area contributed by atoms with Crippen LogP contribution in [0.5, 0.6) is 0 Å². The van der Waals surface area contributed by atoms with Gasteiger partial charge in [0.1, 0.15) is 5.82 Å². The van der Waals surface area contributed by atoms with Gasteiger partial charge in [0.25, 0.3) is 0 Å². The van der Waals surface area contributed by atoms with E-state index in [0.29, 0.717) is 41.2 Å². The molecule has 0 radical (unpaired) electrons. The molecule has 2 N–H and O–H groups in total. The van der Waals surface area contributed by atoms with Gasteiger partial charge in [-0.2, -0.15) is 0 Å². The molecule has 3 aromatic rings. The average molecular weight is 434 g/mol. The van der Waals surface area contributed by atoms with E-state index in [9.17, 15) is 14.0 Å². The van der Waals surface area contributed by atoms with Gasteiger partial charge in [0.15, 0.2) is 5.43 Å². The molecule has 8 heteroatoms. The number of carbonyl (C=O) groups excluding carboxylic acids is 1. The van der Waals surface area contributed by atoms with E-state index >= 15 is 0 Å². The van der Waals surface area contributed by atoms with Crippen molar-refractivity contribution in [3.8, 4) is 0 Å². The number of hydrogen-bond donors (Lipinski definition) is 2. The third-order valence-electron chi connectivity index (χ3n) is 5.19. The first kappa shape index (κ1) is 19.9. The number of nitrogens with zero attached hydrogens (tertiary/aromatic N) is 1. The molecule has 1 aliphatic rings. The molecule has 0 saturated carbocycles. The third kappa shape index (κ3) is 3.88. The van der Waals surface area contributed by atoms with Crippen LogP contribution in [0.3, 0.4) is 0 Å². The van der Waals surface area contributed by atoms with E-state index in [0.717, 1.165) is 16.8 Å². The standard InChI is InChI=1S/C21H18Cl2FN3O2/c1-11-15(22)5-3-13-20(11)26-18-6-7-27(9-14(18)21(13)29)10-19(28)25-12-2-4-16(23)17(24)8-12/h2-5,8H,6-7,9-10H2,1H3,(H,25,28)(H,26,29). The van der Waals surface area contributed by atoms with E-state index in [4.69, 9.17) is 23.2 Å². The molecule has 1 amide bonds. The highest BCUT2D eigenvalue weighted by Crippen LogP contribution is 2.25. The van der Waals surface area contributed by atoms with Crippen LogP contribution in [0.25, 0.3) is 10.9 Å². The second-order valence-corrected chi connectivity index (χ2v) is 7.96. The maximum Gasteiger partial charge on any atom is 0.238 e. The van der Waals surface area contributed by atoms with Crippen LogP contribution in [0.15, 0.2) is 35.1 Å². The zero-order valence-electron chi connectivity index (χ0n) is 15.6. The number of pyridine rings is 1. The fourth-order valence-electron chi connectivity index (χ4n) is 3.63. The highest BCUT2D eigenvalue weighted by atomic mass is 35.5. The minimum absolute atomic E-state index is 0.00128. The smallest absolute Gasteiger partial charge is 0.238 e. The molecule has 150 valence electrons. The molecule has 0 atom stereocenters. The molecular formula is C21H18Cl2FN3O2. The predicted molar refractivity (Wildman–Crippen MR) is 113 cm³/mol. The Hall–Kier alpha value is -2.41. The van der Waals surface area contributed by atoms with Crippen molar-refractivity contribution in [3.63, 3.8) is 0 Å². The summed E-state index contributed by atoms with van der Waals surface area (Å²) in [4.78, 5) is 30.6. The van der Waals surface area contributed by atoms with Gasteiger partial charge in [-0.25, -0.2) is 4.39 Å². The van der Waals surface area contributed by atoms with Crippen molar-refractivity contribution in [2.45, 2.75) is 19.9 Å². The number of nitrogens with one attached hydrogen (secondary N) is 2. The summed E-state index contributed by atoms with van der Waals surface area (Å²) in [5, 5.41) is 3.86. The maximum absolute atomic E-state index is 13.5. The van der Waals surface area contributed by atoms with Crippen LogP contribution in [0, 0.1) is 12.7 Å². The molecule has 4 rings (SSSR count). The maximum atomic E-state index is 13.5. The molecule has 1 aliphatic heterocycles. The van der Waals surface area contributed by atoms with Crippen LogP contribution < -0.4 is 10.7 Å². The van der Waals surface area contributed by atoms with Crippen molar-refractivity contribution in [2.75, 3.05) is 18.4 Å². The zero-order chi connectivity index (χ0) is 20.7. The summed E-state index contributed by atoms with van der Waals surface area (Å²) in [6.07, 6.45) is 0.620. The fourth-order valence-corrected chi connectivity index (χ4v) is 3.90. The number of hydrogen-bond acceptors (Lipinski definition) is 3. The Balaban J connectivity index is 1.53. The first-order valence-corrected chi connectivity index (χ1v) is 9.89. The number of aryl methyl sites for hydroxylation is 1. The number of fused-ring (bicyclic) bond motifs is 2. The van der Waals surface area contributed by atoms with E-state index in [1.807, 2.05) is 11.8 Å². The largest absolute Gasteiger partial charge is 0.358 e. The molecule has 0 aliphatic carbocycles. The summed E-state index contributed by atoms with van der Waals surface area (Å²) in [6, 6.07) is 7.56. The number of anilines is 1. The second kappa shape index (κ2) is 7.78. The summed E-state index contributed by atoms with van der Waals surface area (Å²) >= 11 is 11.8. The minimum Gasteiger partial charge on any atom is -0.358 e. The minimum atomic E-state index is -0.592. The lowest BCUT2D eigenvalue weighted by Gasteiger charge is -2.28. The molecule has 5 nitrogen and oxygen atoms in total. The van der Waals surface area contributed by atoms with Crippen LogP contribution in [0.1, 0.15) is 16.8 Å². The Kier molecular flexibility index (Phi) is 5.34. The Bertz CT molecular complexity index is 1190. The van der Waals surface area contributed by atoms with Crippen molar-refractivity contribution < 1.29 is 9.18 Å². The van der Waals surface area contributed by atoms with E-state index < -0.39 is 5.82 Å². The van der Waals surface area contributed by atoms with E-state index in [-0.39, 0.29) is 22.9 Å². The van der Waals surface area contributed by atoms with Crippen molar-refractivity contribution in [2.24, 2.45) is 0 Å². The van der Waals surface area contributed by atoms with Crippen LogP contribution >= 0.6 is 23.2 Å².